The van der Waals surface area contributed by atoms with Crippen molar-refractivity contribution in [1.82, 2.24) is 0 Å². The molecule has 164 valence electrons. The minimum absolute atomic E-state index is 0.143. The van der Waals surface area contributed by atoms with Gasteiger partial charge < -0.3 is 27.8 Å². The maximum atomic E-state index is 11.8. The fraction of sp³-hybridized carbons (Fsp3) is 0.333. The molecule has 0 aromatic rings. The van der Waals surface area contributed by atoms with Gasteiger partial charge in [-0.2, -0.15) is 0 Å². The molecule has 0 heterocycles. The monoisotopic (exact) mass is 442 g/mol. The predicted octanol–water partition coefficient (Wildman–Crippen LogP) is 0.784. The lowest BCUT2D eigenvalue weighted by molar-refractivity contribution is -0.184. The highest BCUT2D eigenvalue weighted by atomic mass is 28.3. The van der Waals surface area contributed by atoms with Crippen LogP contribution in [-0.4, -0.2) is 58.8 Å². The summed E-state index contributed by atoms with van der Waals surface area (Å²) in [6.07, 6.45) is 0.582. The van der Waals surface area contributed by atoms with E-state index in [1.54, 1.807) is 0 Å². The van der Waals surface area contributed by atoms with Gasteiger partial charge in [-0.1, -0.05) is 26.3 Å². The molecule has 0 aromatic heterocycles. The van der Waals surface area contributed by atoms with Crippen LogP contribution in [0.5, 0.6) is 0 Å². The summed E-state index contributed by atoms with van der Waals surface area (Å²) in [5, 5.41) is 0. The lowest BCUT2D eigenvalue weighted by atomic mass is 10.4. The van der Waals surface area contributed by atoms with Gasteiger partial charge in [0.2, 0.25) is 0 Å². The van der Waals surface area contributed by atoms with Crippen molar-refractivity contribution < 1.29 is 51.4 Å². The van der Waals surface area contributed by atoms with Crippen LogP contribution < -0.4 is 0 Å². The summed E-state index contributed by atoms with van der Waals surface area (Å²) in [4.78, 5) is 44.9. The summed E-state index contributed by atoms with van der Waals surface area (Å²) in [5.74, 6) is -3.35. The van der Waals surface area contributed by atoms with Crippen LogP contribution in [-0.2, 0) is 51.4 Å². The van der Waals surface area contributed by atoms with E-state index in [0.717, 1.165) is 24.3 Å². The summed E-state index contributed by atoms with van der Waals surface area (Å²) < 4.78 is 40.8. The molecular formula is C18H22O11Si. The Kier molecular flexibility index (Phi) is 13.6. The quantitative estimate of drug-likeness (QED) is 0.145. The molecule has 30 heavy (non-hydrogen) atoms. The van der Waals surface area contributed by atoms with Crippen LogP contribution in [0.1, 0.15) is 12.8 Å². The summed E-state index contributed by atoms with van der Waals surface area (Å²) in [5.41, 5.74) is 0. The molecule has 0 N–H and O–H groups in total. The standard InChI is InChI=1S/C18H22O11Si/c1-5-13(19)26-17(27-14(20)6-2)9-11-24-30(23)25-12-10-18(28-15(21)7-3)29-16(22)8-4/h5-8,17-18H,1-4,9-12H2. The molecule has 0 saturated carbocycles. The van der Waals surface area contributed by atoms with Gasteiger partial charge in [0, 0.05) is 24.3 Å². The SMILES string of the molecule is C=CC(=O)OC(CCO[Si](=O)OCCC(OC(=O)C=C)OC(=O)C=C)OC(=O)C=C. The highest BCUT2D eigenvalue weighted by Crippen LogP contribution is 2.06. The number of carbonyl (C=O) groups excluding carboxylic acids is 4. The zero-order chi connectivity index (χ0) is 22.9. The highest BCUT2D eigenvalue weighted by Gasteiger charge is 2.21. The van der Waals surface area contributed by atoms with Crippen LogP contribution in [0.15, 0.2) is 50.6 Å². The average Bonchev–Trinajstić information content (AvgIpc) is 2.72. The van der Waals surface area contributed by atoms with E-state index in [1.807, 2.05) is 0 Å². The van der Waals surface area contributed by atoms with Gasteiger partial charge in [-0.15, -0.1) is 0 Å². The Balaban J connectivity index is 4.44. The lowest BCUT2D eigenvalue weighted by Crippen LogP contribution is -2.27. The van der Waals surface area contributed by atoms with Gasteiger partial charge >= 0.3 is 33.0 Å². The van der Waals surface area contributed by atoms with Crippen LogP contribution in [0.4, 0.5) is 0 Å². The molecule has 0 aliphatic heterocycles. The highest BCUT2D eigenvalue weighted by molar-refractivity contribution is 6.26. The zero-order valence-corrected chi connectivity index (χ0v) is 17.1. The van der Waals surface area contributed by atoms with E-state index in [9.17, 15) is 23.6 Å². The second-order valence-corrected chi connectivity index (χ2v) is 6.02. The molecule has 0 bridgehead atoms. The number of esters is 4. The topological polar surface area (TPSA) is 141 Å². The molecule has 0 radical (unpaired) electrons. The maximum absolute atomic E-state index is 11.8. The fourth-order valence-electron chi connectivity index (χ4n) is 1.51. The first kappa shape index (κ1) is 26.5. The molecule has 0 unspecified atom stereocenters. The molecule has 0 amide bonds. The van der Waals surface area contributed by atoms with Crippen LogP contribution in [0.2, 0.25) is 0 Å². The molecular weight excluding hydrogens is 420 g/mol. The summed E-state index contributed by atoms with van der Waals surface area (Å²) >= 11 is 0. The van der Waals surface area contributed by atoms with Crippen molar-refractivity contribution in [2.24, 2.45) is 0 Å². The normalized spacial score (nSPS) is 9.67. The van der Waals surface area contributed by atoms with Crippen molar-refractivity contribution in [3.8, 4) is 0 Å². The minimum atomic E-state index is -3.01. The smallest absolute Gasteiger partial charge is 0.496 e. The van der Waals surface area contributed by atoms with E-state index >= 15 is 0 Å². The molecule has 0 rings (SSSR count). The van der Waals surface area contributed by atoms with Gasteiger partial charge in [0.25, 0.3) is 12.6 Å². The van der Waals surface area contributed by atoms with Crippen molar-refractivity contribution in [3.63, 3.8) is 0 Å². The number of hydrogen-bond acceptors (Lipinski definition) is 11. The second kappa shape index (κ2) is 15.4. The van der Waals surface area contributed by atoms with E-state index in [1.165, 1.54) is 0 Å². The van der Waals surface area contributed by atoms with Crippen LogP contribution in [0.25, 0.3) is 0 Å². The first-order valence-electron chi connectivity index (χ1n) is 8.37. The van der Waals surface area contributed by atoms with Gasteiger partial charge in [0.15, 0.2) is 0 Å². The van der Waals surface area contributed by atoms with Crippen molar-refractivity contribution in [1.29, 1.82) is 0 Å². The second-order valence-electron chi connectivity index (χ2n) is 4.95. The van der Waals surface area contributed by atoms with Gasteiger partial charge in [0.05, 0.1) is 26.1 Å². The molecule has 0 atom stereocenters. The predicted molar refractivity (Wildman–Crippen MR) is 100 cm³/mol. The van der Waals surface area contributed by atoms with Gasteiger partial charge in [-0.05, 0) is 0 Å². The largest absolute Gasteiger partial charge is 0.767 e. The van der Waals surface area contributed by atoms with Crippen molar-refractivity contribution in [2.45, 2.75) is 25.4 Å². The zero-order valence-electron chi connectivity index (χ0n) is 16.1. The Morgan fingerprint density at radius 2 is 0.900 bits per heavy atom. The van der Waals surface area contributed by atoms with E-state index in [-0.39, 0.29) is 26.1 Å². The first-order valence-corrected chi connectivity index (χ1v) is 9.59. The third-order valence-electron chi connectivity index (χ3n) is 2.80. The fourth-order valence-corrected chi connectivity index (χ4v) is 2.17. The minimum Gasteiger partial charge on any atom is -0.496 e. The lowest BCUT2D eigenvalue weighted by Gasteiger charge is -2.17. The number of rotatable bonds is 16. The summed E-state index contributed by atoms with van der Waals surface area (Å²) in [6, 6.07) is 0. The molecule has 11 nitrogen and oxygen atoms in total. The van der Waals surface area contributed by atoms with E-state index < -0.39 is 45.6 Å². The van der Waals surface area contributed by atoms with Gasteiger partial charge in [-0.25, -0.2) is 19.2 Å². The van der Waals surface area contributed by atoms with E-state index in [0.29, 0.717) is 0 Å². The summed E-state index contributed by atoms with van der Waals surface area (Å²) in [7, 11) is -3.01. The molecule has 0 aliphatic carbocycles. The first-order chi connectivity index (χ1) is 14.2. The molecule has 0 aliphatic rings. The van der Waals surface area contributed by atoms with Crippen molar-refractivity contribution in [2.75, 3.05) is 13.2 Å². The molecule has 0 spiro atoms. The van der Waals surface area contributed by atoms with Gasteiger partial charge in [-0.3, -0.25) is 4.46 Å². The number of hydrogen-bond donors (Lipinski definition) is 0. The van der Waals surface area contributed by atoms with Crippen molar-refractivity contribution in [3.05, 3.63) is 50.6 Å². The van der Waals surface area contributed by atoms with E-state index in [4.69, 9.17) is 27.8 Å². The Bertz CT molecular complexity index is 586. The molecule has 0 aromatic carbocycles. The van der Waals surface area contributed by atoms with Crippen LogP contribution in [0.3, 0.4) is 0 Å². The number of carbonyl (C=O) groups is 4. The Morgan fingerprint density at radius 1 is 0.633 bits per heavy atom. The summed E-state index contributed by atoms with van der Waals surface area (Å²) in [6.45, 7) is 12.3. The maximum Gasteiger partial charge on any atom is 0.767 e. The molecule has 12 heteroatoms. The number of ether oxygens (including phenoxy) is 4. The third-order valence-corrected chi connectivity index (χ3v) is 3.68. The van der Waals surface area contributed by atoms with Crippen LogP contribution in [0, 0.1) is 0 Å². The Labute approximate surface area is 174 Å². The van der Waals surface area contributed by atoms with Gasteiger partial charge in [0.1, 0.15) is 0 Å². The van der Waals surface area contributed by atoms with Crippen molar-refractivity contribution >= 4 is 33.0 Å². The van der Waals surface area contributed by atoms with Crippen LogP contribution >= 0.6 is 0 Å². The van der Waals surface area contributed by atoms with E-state index in [2.05, 4.69) is 26.3 Å². The molecule has 0 saturated heterocycles. The molecule has 0 fully saturated rings. The Hall–Kier alpha value is -3.54. The average molecular weight is 442 g/mol. The third kappa shape index (κ3) is 12.8. The Morgan fingerprint density at radius 3 is 1.13 bits per heavy atom.